The van der Waals surface area contributed by atoms with Gasteiger partial charge in [-0.1, -0.05) is 17.7 Å². The molecule has 1 N–H and O–H groups in total. The summed E-state index contributed by atoms with van der Waals surface area (Å²) in [6, 6.07) is 6.72. The van der Waals surface area contributed by atoms with Crippen molar-refractivity contribution < 1.29 is 9.90 Å². The molecule has 0 aliphatic rings. The van der Waals surface area contributed by atoms with E-state index in [0.717, 1.165) is 0 Å². The largest absolute Gasteiger partial charge is 0.480 e. The Bertz CT molecular complexity index is 339. The van der Waals surface area contributed by atoms with E-state index < -0.39 is 5.97 Å². The van der Waals surface area contributed by atoms with Crippen LogP contribution in [-0.4, -0.2) is 17.6 Å². The van der Waals surface area contributed by atoms with Crippen molar-refractivity contribution in [3.8, 4) is 0 Å². The standard InChI is InChI=1S/C8H7ClN2O2/c9-6-2-1-3-7(4-6)11-10-5-8(12)13/h1-4H,5H2,(H,12,13). The van der Waals surface area contributed by atoms with Gasteiger partial charge >= 0.3 is 5.97 Å². The molecule has 1 aromatic rings. The molecule has 0 bridgehead atoms. The molecule has 0 saturated heterocycles. The lowest BCUT2D eigenvalue weighted by Crippen LogP contribution is -1.97. The molecule has 0 amide bonds. The molecule has 1 rings (SSSR count). The predicted molar refractivity (Wildman–Crippen MR) is 48.5 cm³/mol. The number of azo groups is 1. The number of carbonyl (C=O) groups is 1. The summed E-state index contributed by atoms with van der Waals surface area (Å²) >= 11 is 5.67. The van der Waals surface area contributed by atoms with Gasteiger partial charge < -0.3 is 5.11 Å². The molecule has 0 fully saturated rings. The minimum absolute atomic E-state index is 0.327. The average Bonchev–Trinajstić information content (AvgIpc) is 2.03. The molecular weight excluding hydrogens is 192 g/mol. The van der Waals surface area contributed by atoms with Crippen LogP contribution in [0.4, 0.5) is 5.69 Å². The number of rotatable bonds is 3. The number of carboxylic acid groups (broad SMARTS) is 1. The summed E-state index contributed by atoms with van der Waals surface area (Å²) in [6.07, 6.45) is 0. The van der Waals surface area contributed by atoms with Crippen molar-refractivity contribution in [1.29, 1.82) is 0 Å². The van der Waals surface area contributed by atoms with Crippen LogP contribution < -0.4 is 0 Å². The predicted octanol–water partition coefficient (Wildman–Crippen LogP) is 2.51. The molecule has 0 aliphatic carbocycles. The SMILES string of the molecule is O=C(O)CN=Nc1cccc(Cl)c1. The van der Waals surface area contributed by atoms with Gasteiger partial charge in [-0.15, -0.1) is 0 Å². The van der Waals surface area contributed by atoms with Crippen LogP contribution in [0.3, 0.4) is 0 Å². The summed E-state index contributed by atoms with van der Waals surface area (Å²) in [5, 5.41) is 15.9. The topological polar surface area (TPSA) is 62.0 Å². The first-order valence-corrected chi connectivity index (χ1v) is 3.91. The Morgan fingerprint density at radius 2 is 2.31 bits per heavy atom. The lowest BCUT2D eigenvalue weighted by Gasteiger charge is -1.91. The molecule has 0 radical (unpaired) electrons. The van der Waals surface area contributed by atoms with Gasteiger partial charge in [0.15, 0.2) is 6.54 Å². The van der Waals surface area contributed by atoms with E-state index in [9.17, 15) is 4.79 Å². The molecule has 0 unspecified atom stereocenters. The molecule has 0 aliphatic heterocycles. The number of benzene rings is 1. The number of aliphatic carboxylic acids is 1. The molecular formula is C8H7ClN2O2. The van der Waals surface area contributed by atoms with E-state index in [1.165, 1.54) is 0 Å². The van der Waals surface area contributed by atoms with Crippen LogP contribution in [0.1, 0.15) is 0 Å². The molecule has 0 saturated carbocycles. The van der Waals surface area contributed by atoms with E-state index in [2.05, 4.69) is 10.2 Å². The van der Waals surface area contributed by atoms with Crippen LogP contribution in [0, 0.1) is 0 Å². The van der Waals surface area contributed by atoms with Crippen molar-refractivity contribution >= 4 is 23.3 Å². The van der Waals surface area contributed by atoms with Gasteiger partial charge in [0, 0.05) is 5.02 Å². The van der Waals surface area contributed by atoms with E-state index >= 15 is 0 Å². The van der Waals surface area contributed by atoms with Crippen LogP contribution in [0.2, 0.25) is 5.02 Å². The summed E-state index contributed by atoms with van der Waals surface area (Å²) in [6.45, 7) is -0.327. The highest BCUT2D eigenvalue weighted by Gasteiger charge is 1.93. The molecule has 0 heterocycles. The lowest BCUT2D eigenvalue weighted by molar-refractivity contribution is -0.135. The number of carboxylic acids is 1. The van der Waals surface area contributed by atoms with Gasteiger partial charge in [-0.2, -0.15) is 10.2 Å². The van der Waals surface area contributed by atoms with E-state index in [1.807, 2.05) is 0 Å². The van der Waals surface area contributed by atoms with Crippen LogP contribution >= 0.6 is 11.6 Å². The molecule has 0 spiro atoms. The maximum absolute atomic E-state index is 10.1. The summed E-state index contributed by atoms with van der Waals surface area (Å²) < 4.78 is 0. The Kier molecular flexibility index (Phi) is 3.40. The zero-order chi connectivity index (χ0) is 9.68. The third-order valence-electron chi connectivity index (χ3n) is 1.20. The first kappa shape index (κ1) is 9.67. The van der Waals surface area contributed by atoms with E-state index in [4.69, 9.17) is 16.7 Å². The van der Waals surface area contributed by atoms with Gasteiger partial charge in [0.2, 0.25) is 0 Å². The van der Waals surface area contributed by atoms with Crippen molar-refractivity contribution in [1.82, 2.24) is 0 Å². The maximum Gasteiger partial charge on any atom is 0.327 e. The third-order valence-corrected chi connectivity index (χ3v) is 1.44. The maximum atomic E-state index is 10.1. The summed E-state index contributed by atoms with van der Waals surface area (Å²) in [4.78, 5) is 10.1. The van der Waals surface area contributed by atoms with Gasteiger partial charge in [-0.05, 0) is 18.2 Å². The zero-order valence-corrected chi connectivity index (χ0v) is 7.40. The normalized spacial score (nSPS) is 10.5. The van der Waals surface area contributed by atoms with Gasteiger partial charge in [-0.3, -0.25) is 4.79 Å². The molecule has 0 atom stereocenters. The number of halogens is 1. The van der Waals surface area contributed by atoms with Crippen LogP contribution in [0.15, 0.2) is 34.5 Å². The second-order valence-electron chi connectivity index (χ2n) is 2.27. The Hall–Kier alpha value is -1.42. The number of hydrogen-bond acceptors (Lipinski definition) is 3. The minimum Gasteiger partial charge on any atom is -0.480 e. The van der Waals surface area contributed by atoms with E-state index in [0.29, 0.717) is 10.7 Å². The quantitative estimate of drug-likeness (QED) is 0.759. The minimum atomic E-state index is -1.01. The van der Waals surface area contributed by atoms with Crippen LogP contribution in [-0.2, 0) is 4.79 Å². The highest BCUT2D eigenvalue weighted by atomic mass is 35.5. The lowest BCUT2D eigenvalue weighted by atomic mass is 10.3. The van der Waals surface area contributed by atoms with Gasteiger partial charge in [-0.25, -0.2) is 0 Å². The van der Waals surface area contributed by atoms with Gasteiger partial charge in [0.25, 0.3) is 0 Å². The first-order valence-electron chi connectivity index (χ1n) is 3.53. The monoisotopic (exact) mass is 198 g/mol. The van der Waals surface area contributed by atoms with Gasteiger partial charge in [0.1, 0.15) is 0 Å². The molecule has 13 heavy (non-hydrogen) atoms. The van der Waals surface area contributed by atoms with Crippen molar-refractivity contribution in [2.45, 2.75) is 0 Å². The Morgan fingerprint density at radius 3 is 2.92 bits per heavy atom. The Labute approximate surface area is 79.9 Å². The fourth-order valence-corrected chi connectivity index (χ4v) is 0.900. The van der Waals surface area contributed by atoms with Crippen molar-refractivity contribution in [3.63, 3.8) is 0 Å². The summed E-state index contributed by atoms with van der Waals surface area (Å²) in [5.74, 6) is -1.01. The molecule has 5 heteroatoms. The Balaban J connectivity index is 2.63. The second-order valence-corrected chi connectivity index (χ2v) is 2.71. The van der Waals surface area contributed by atoms with E-state index in [-0.39, 0.29) is 6.54 Å². The van der Waals surface area contributed by atoms with Crippen molar-refractivity contribution in [3.05, 3.63) is 29.3 Å². The zero-order valence-electron chi connectivity index (χ0n) is 6.64. The van der Waals surface area contributed by atoms with Gasteiger partial charge in [0.05, 0.1) is 5.69 Å². The fourth-order valence-electron chi connectivity index (χ4n) is 0.716. The van der Waals surface area contributed by atoms with E-state index in [1.54, 1.807) is 24.3 Å². The highest BCUT2D eigenvalue weighted by molar-refractivity contribution is 6.30. The third kappa shape index (κ3) is 3.66. The molecule has 1 aromatic carbocycles. The second kappa shape index (κ2) is 4.57. The number of nitrogens with zero attached hydrogens (tertiary/aromatic N) is 2. The first-order chi connectivity index (χ1) is 6.18. The number of hydrogen-bond donors (Lipinski definition) is 1. The molecule has 68 valence electrons. The van der Waals surface area contributed by atoms with Crippen LogP contribution in [0.25, 0.3) is 0 Å². The summed E-state index contributed by atoms with van der Waals surface area (Å²) in [5.41, 5.74) is 0.550. The molecule has 4 nitrogen and oxygen atoms in total. The smallest absolute Gasteiger partial charge is 0.327 e. The molecule has 0 aromatic heterocycles. The average molecular weight is 199 g/mol. The van der Waals surface area contributed by atoms with Crippen molar-refractivity contribution in [2.75, 3.05) is 6.54 Å². The summed E-state index contributed by atoms with van der Waals surface area (Å²) in [7, 11) is 0. The highest BCUT2D eigenvalue weighted by Crippen LogP contribution is 2.17. The van der Waals surface area contributed by atoms with Crippen LogP contribution in [0.5, 0.6) is 0 Å². The fraction of sp³-hybridized carbons (Fsp3) is 0.125. The van der Waals surface area contributed by atoms with Crippen molar-refractivity contribution in [2.24, 2.45) is 10.2 Å². The Morgan fingerprint density at radius 1 is 1.54 bits per heavy atom.